The van der Waals surface area contributed by atoms with E-state index in [0.717, 1.165) is 5.69 Å². The van der Waals surface area contributed by atoms with E-state index in [1.807, 2.05) is 27.7 Å². The third-order valence-corrected chi connectivity index (χ3v) is 6.21. The van der Waals surface area contributed by atoms with Crippen LogP contribution in [0.4, 0.5) is 0 Å². The molecule has 0 radical (unpaired) electrons. The van der Waals surface area contributed by atoms with Gasteiger partial charge in [-0.05, 0) is 53.5 Å². The van der Waals surface area contributed by atoms with Crippen molar-refractivity contribution >= 4 is 21.8 Å². The van der Waals surface area contributed by atoms with Gasteiger partial charge in [-0.1, -0.05) is 6.92 Å². The molecule has 0 spiro atoms. The molecule has 1 atom stereocenters. The molecule has 9 heteroatoms. The third kappa shape index (κ3) is 4.69. The molecule has 1 saturated heterocycles. The highest BCUT2D eigenvalue weighted by molar-refractivity contribution is 7.90. The molecule has 1 aromatic rings. The molecule has 152 valence electrons. The first-order valence-electron chi connectivity index (χ1n) is 9.20. The summed E-state index contributed by atoms with van der Waals surface area (Å²) in [4.78, 5) is 26.9. The molecule has 2 rings (SSSR count). The summed E-state index contributed by atoms with van der Waals surface area (Å²) in [6.45, 7) is 11.9. The number of aromatic nitrogens is 2. The number of aryl methyl sites for hydroxylation is 1. The maximum Gasteiger partial charge on any atom is 0.274 e. The van der Waals surface area contributed by atoms with Crippen molar-refractivity contribution in [1.82, 2.24) is 19.4 Å². The summed E-state index contributed by atoms with van der Waals surface area (Å²) in [5.74, 6) is -0.891. The van der Waals surface area contributed by atoms with E-state index >= 15 is 0 Å². The number of rotatable bonds is 5. The average molecular weight is 399 g/mol. The smallest absolute Gasteiger partial charge is 0.274 e. The van der Waals surface area contributed by atoms with Crippen molar-refractivity contribution in [1.29, 1.82) is 0 Å². The maximum atomic E-state index is 12.8. The van der Waals surface area contributed by atoms with E-state index in [9.17, 15) is 18.0 Å². The van der Waals surface area contributed by atoms with Crippen molar-refractivity contribution in [2.75, 3.05) is 18.8 Å². The van der Waals surface area contributed by atoms with Crippen molar-refractivity contribution in [2.45, 2.75) is 59.9 Å². The van der Waals surface area contributed by atoms with Crippen LogP contribution in [0.5, 0.6) is 0 Å². The van der Waals surface area contributed by atoms with Gasteiger partial charge in [0.05, 0.1) is 16.7 Å². The van der Waals surface area contributed by atoms with Gasteiger partial charge in [0.15, 0.2) is 5.69 Å². The minimum Gasteiger partial charge on any atom is -0.336 e. The number of carbonyl (C=O) groups is 2. The average Bonchev–Trinajstić information content (AvgIpc) is 3.10. The van der Waals surface area contributed by atoms with Crippen LogP contribution in [-0.4, -0.2) is 53.8 Å². The van der Waals surface area contributed by atoms with Gasteiger partial charge >= 0.3 is 0 Å². The second-order valence-electron chi connectivity index (χ2n) is 8.54. The molecular formula is C18H30N4O4S. The fourth-order valence-electron chi connectivity index (χ4n) is 3.32. The standard InChI is InChI=1S/C18H30N4O4S/c1-7-10-27(25,26)20-16(24)18(6)8-9-21(12-18)15(23)14-11-13(2)22(19-14)17(3,4)5/h11H,7-10,12H2,1-6H3,(H,20,24). The minimum atomic E-state index is -3.63. The number of hydrogen-bond donors (Lipinski definition) is 1. The second kappa shape index (κ2) is 7.26. The predicted molar refractivity (Wildman–Crippen MR) is 103 cm³/mol. The number of likely N-dealkylation sites (tertiary alicyclic amines) is 1. The van der Waals surface area contributed by atoms with Gasteiger partial charge in [-0.15, -0.1) is 0 Å². The molecule has 8 nitrogen and oxygen atoms in total. The topological polar surface area (TPSA) is 101 Å². The first kappa shape index (κ1) is 21.4. The Morgan fingerprint density at radius 2 is 1.96 bits per heavy atom. The van der Waals surface area contributed by atoms with Crippen LogP contribution in [0.1, 0.15) is 63.6 Å². The Labute approximate surface area is 161 Å². The molecule has 0 saturated carbocycles. The molecule has 1 aromatic heterocycles. The molecule has 1 fully saturated rings. The first-order valence-corrected chi connectivity index (χ1v) is 10.9. The Balaban J connectivity index is 2.13. The predicted octanol–water partition coefficient (Wildman–Crippen LogP) is 1.65. The molecular weight excluding hydrogens is 368 g/mol. The third-order valence-electron chi connectivity index (χ3n) is 4.77. The lowest BCUT2D eigenvalue weighted by Crippen LogP contribution is -2.44. The lowest BCUT2D eigenvalue weighted by atomic mass is 9.89. The molecule has 2 amide bonds. The summed E-state index contributed by atoms with van der Waals surface area (Å²) in [5, 5.41) is 4.43. The van der Waals surface area contributed by atoms with Crippen LogP contribution < -0.4 is 4.72 Å². The lowest BCUT2D eigenvalue weighted by molar-refractivity contribution is -0.127. The van der Waals surface area contributed by atoms with E-state index in [1.54, 1.807) is 29.5 Å². The molecule has 1 N–H and O–H groups in total. The zero-order valence-electron chi connectivity index (χ0n) is 17.0. The van der Waals surface area contributed by atoms with Gasteiger partial charge < -0.3 is 4.90 Å². The zero-order chi connectivity index (χ0) is 20.6. The van der Waals surface area contributed by atoms with Crippen LogP contribution >= 0.6 is 0 Å². The van der Waals surface area contributed by atoms with Crippen LogP contribution in [0.3, 0.4) is 0 Å². The monoisotopic (exact) mass is 398 g/mol. The highest BCUT2D eigenvalue weighted by Gasteiger charge is 2.43. The summed E-state index contributed by atoms with van der Waals surface area (Å²) >= 11 is 0. The summed E-state index contributed by atoms with van der Waals surface area (Å²) in [7, 11) is -3.63. The summed E-state index contributed by atoms with van der Waals surface area (Å²) in [6, 6.07) is 1.75. The number of amides is 2. The zero-order valence-corrected chi connectivity index (χ0v) is 17.8. The molecule has 27 heavy (non-hydrogen) atoms. The summed E-state index contributed by atoms with van der Waals surface area (Å²) < 4.78 is 27.7. The molecule has 0 bridgehead atoms. The van der Waals surface area contributed by atoms with Gasteiger partial charge in [-0.25, -0.2) is 8.42 Å². The van der Waals surface area contributed by atoms with E-state index in [0.29, 0.717) is 25.1 Å². The van der Waals surface area contributed by atoms with Crippen molar-refractivity contribution in [3.8, 4) is 0 Å². The number of hydrogen-bond acceptors (Lipinski definition) is 5. The van der Waals surface area contributed by atoms with Gasteiger partial charge in [0, 0.05) is 18.8 Å². The molecule has 0 aromatic carbocycles. The van der Waals surface area contributed by atoms with Crippen LogP contribution in [0.25, 0.3) is 0 Å². The van der Waals surface area contributed by atoms with Crippen molar-refractivity contribution < 1.29 is 18.0 Å². The van der Waals surface area contributed by atoms with Gasteiger partial charge in [0.1, 0.15) is 0 Å². The fraction of sp³-hybridized carbons (Fsp3) is 0.722. The van der Waals surface area contributed by atoms with E-state index in [2.05, 4.69) is 9.82 Å². The second-order valence-corrected chi connectivity index (χ2v) is 10.4. The summed E-state index contributed by atoms with van der Waals surface area (Å²) in [6.07, 6.45) is 0.838. The van der Waals surface area contributed by atoms with Gasteiger partial charge in [-0.2, -0.15) is 5.10 Å². The van der Waals surface area contributed by atoms with E-state index in [-0.39, 0.29) is 23.7 Å². The highest BCUT2D eigenvalue weighted by atomic mass is 32.2. The quantitative estimate of drug-likeness (QED) is 0.813. The molecule has 1 aliphatic rings. The number of nitrogens with one attached hydrogen (secondary N) is 1. The molecule has 2 heterocycles. The molecule has 1 unspecified atom stereocenters. The van der Waals surface area contributed by atoms with Gasteiger partial charge in [0.2, 0.25) is 15.9 Å². The van der Waals surface area contributed by atoms with Gasteiger partial charge in [0.25, 0.3) is 5.91 Å². The molecule has 0 aliphatic carbocycles. The highest BCUT2D eigenvalue weighted by Crippen LogP contribution is 2.31. The normalized spacial score (nSPS) is 20.7. The fourth-order valence-corrected chi connectivity index (χ4v) is 4.49. The summed E-state index contributed by atoms with van der Waals surface area (Å²) in [5.41, 5.74) is 0.0511. The van der Waals surface area contributed by atoms with Gasteiger partial charge in [-0.3, -0.25) is 19.0 Å². The van der Waals surface area contributed by atoms with Crippen LogP contribution in [0.2, 0.25) is 0 Å². The number of sulfonamides is 1. The van der Waals surface area contributed by atoms with Crippen LogP contribution in [0.15, 0.2) is 6.07 Å². The van der Waals surface area contributed by atoms with E-state index in [1.165, 1.54) is 0 Å². The number of carbonyl (C=O) groups excluding carboxylic acids is 2. The molecule has 1 aliphatic heterocycles. The van der Waals surface area contributed by atoms with Crippen LogP contribution in [-0.2, 0) is 20.4 Å². The van der Waals surface area contributed by atoms with Crippen molar-refractivity contribution in [2.24, 2.45) is 5.41 Å². The van der Waals surface area contributed by atoms with Crippen LogP contribution in [0, 0.1) is 12.3 Å². The Kier molecular flexibility index (Phi) is 5.75. The SMILES string of the molecule is CCCS(=O)(=O)NC(=O)C1(C)CCN(C(=O)c2cc(C)n(C(C)(C)C)n2)C1. The maximum absolute atomic E-state index is 12.8. The Bertz CT molecular complexity index is 838. The van der Waals surface area contributed by atoms with Crippen molar-refractivity contribution in [3.05, 3.63) is 17.5 Å². The Morgan fingerprint density at radius 1 is 1.33 bits per heavy atom. The van der Waals surface area contributed by atoms with E-state index < -0.39 is 21.3 Å². The van der Waals surface area contributed by atoms with E-state index in [4.69, 9.17) is 0 Å². The largest absolute Gasteiger partial charge is 0.336 e. The number of nitrogens with zero attached hydrogens (tertiary/aromatic N) is 3. The Hall–Kier alpha value is -1.90. The Morgan fingerprint density at radius 3 is 2.48 bits per heavy atom. The first-order chi connectivity index (χ1) is 12.3. The lowest BCUT2D eigenvalue weighted by Gasteiger charge is -2.23. The minimum absolute atomic E-state index is 0.0962. The van der Waals surface area contributed by atoms with Crippen molar-refractivity contribution in [3.63, 3.8) is 0 Å².